The molecule has 20 heavy (non-hydrogen) atoms. The van der Waals surface area contributed by atoms with Gasteiger partial charge in [-0.1, -0.05) is 46.3 Å². The summed E-state index contributed by atoms with van der Waals surface area (Å²) in [6.45, 7) is 2.86. The van der Waals surface area contributed by atoms with E-state index in [4.69, 9.17) is 5.73 Å². The number of nitrogens with one attached hydrogen (secondary N) is 1. The third kappa shape index (κ3) is 3.68. The number of amides is 1. The number of halogens is 1. The second kappa shape index (κ2) is 6.68. The molecule has 2 aromatic rings. The summed E-state index contributed by atoms with van der Waals surface area (Å²) in [7, 11) is 0. The summed E-state index contributed by atoms with van der Waals surface area (Å²) in [6.07, 6.45) is 0. The van der Waals surface area contributed by atoms with E-state index in [9.17, 15) is 4.79 Å². The molecular formula is C16H17BrN2O. The number of nitrogens with two attached hydrogens (primary N) is 1. The standard InChI is InChI=1S/C16H17BrN2O/c1-11(14-4-2-3-5-15(14)17)19-10-12-6-8-13(9-7-12)16(18)20/h2-9,11,19H,10H2,1H3,(H2,18,20)/t11-/m0/s1. The van der Waals surface area contributed by atoms with Gasteiger partial charge in [-0.05, 0) is 36.2 Å². The van der Waals surface area contributed by atoms with Crippen molar-refractivity contribution in [2.75, 3.05) is 0 Å². The minimum atomic E-state index is -0.397. The van der Waals surface area contributed by atoms with Gasteiger partial charge in [0, 0.05) is 22.6 Å². The summed E-state index contributed by atoms with van der Waals surface area (Å²) in [5.41, 5.74) is 8.10. The number of rotatable bonds is 5. The monoisotopic (exact) mass is 332 g/mol. The quantitative estimate of drug-likeness (QED) is 0.881. The SMILES string of the molecule is C[C@H](NCc1ccc(C(N)=O)cc1)c1ccccc1Br. The molecule has 2 rings (SSSR count). The lowest BCUT2D eigenvalue weighted by Gasteiger charge is -2.16. The van der Waals surface area contributed by atoms with E-state index in [1.807, 2.05) is 30.3 Å². The number of primary amides is 1. The van der Waals surface area contributed by atoms with Crippen LogP contribution in [0.1, 0.15) is 34.5 Å². The maximum atomic E-state index is 11.0. The van der Waals surface area contributed by atoms with Gasteiger partial charge >= 0.3 is 0 Å². The Hall–Kier alpha value is -1.65. The van der Waals surface area contributed by atoms with E-state index < -0.39 is 5.91 Å². The average Bonchev–Trinajstić information content (AvgIpc) is 2.45. The van der Waals surface area contributed by atoms with E-state index in [1.54, 1.807) is 12.1 Å². The molecule has 1 atom stereocenters. The van der Waals surface area contributed by atoms with Crippen molar-refractivity contribution in [3.63, 3.8) is 0 Å². The van der Waals surface area contributed by atoms with Crippen LogP contribution in [0.3, 0.4) is 0 Å². The zero-order valence-electron chi connectivity index (χ0n) is 11.3. The molecule has 3 N–H and O–H groups in total. The van der Waals surface area contributed by atoms with Gasteiger partial charge in [0.25, 0.3) is 0 Å². The Balaban J connectivity index is 1.98. The summed E-state index contributed by atoms with van der Waals surface area (Å²) in [4.78, 5) is 11.0. The molecule has 0 aliphatic carbocycles. The predicted molar refractivity (Wildman–Crippen MR) is 84.4 cm³/mol. The van der Waals surface area contributed by atoms with Crippen molar-refractivity contribution in [1.82, 2.24) is 5.32 Å². The second-order valence-corrected chi connectivity index (χ2v) is 5.54. The fourth-order valence-corrected chi connectivity index (χ4v) is 2.62. The van der Waals surface area contributed by atoms with Crippen LogP contribution in [0, 0.1) is 0 Å². The molecule has 104 valence electrons. The first-order valence-corrected chi connectivity index (χ1v) is 7.24. The van der Waals surface area contributed by atoms with Gasteiger partial charge in [0.1, 0.15) is 0 Å². The summed E-state index contributed by atoms with van der Waals surface area (Å²) in [6, 6.07) is 15.7. The molecule has 4 heteroatoms. The van der Waals surface area contributed by atoms with E-state index in [1.165, 1.54) is 5.56 Å². The fourth-order valence-electron chi connectivity index (χ4n) is 1.99. The largest absolute Gasteiger partial charge is 0.366 e. The molecule has 0 aromatic heterocycles. The van der Waals surface area contributed by atoms with Crippen LogP contribution in [-0.2, 0) is 6.54 Å². The summed E-state index contributed by atoms with van der Waals surface area (Å²) in [5.74, 6) is -0.397. The highest BCUT2D eigenvalue weighted by Gasteiger charge is 2.08. The normalized spacial score (nSPS) is 12.1. The van der Waals surface area contributed by atoms with Crippen LogP contribution in [-0.4, -0.2) is 5.91 Å². The highest BCUT2D eigenvalue weighted by Crippen LogP contribution is 2.22. The minimum Gasteiger partial charge on any atom is -0.366 e. The van der Waals surface area contributed by atoms with Crippen molar-refractivity contribution in [2.24, 2.45) is 5.73 Å². The highest BCUT2D eigenvalue weighted by atomic mass is 79.9. The van der Waals surface area contributed by atoms with Crippen molar-refractivity contribution >= 4 is 21.8 Å². The molecule has 0 aliphatic heterocycles. The van der Waals surface area contributed by atoms with Gasteiger partial charge in [-0.25, -0.2) is 0 Å². The van der Waals surface area contributed by atoms with Gasteiger partial charge < -0.3 is 11.1 Å². The van der Waals surface area contributed by atoms with Gasteiger partial charge in [0.15, 0.2) is 0 Å². The lowest BCUT2D eigenvalue weighted by atomic mass is 10.1. The van der Waals surface area contributed by atoms with Crippen LogP contribution < -0.4 is 11.1 Å². The Kier molecular flexibility index (Phi) is 4.93. The average molecular weight is 333 g/mol. The molecule has 1 amide bonds. The number of carbonyl (C=O) groups is 1. The Morgan fingerprint density at radius 2 is 1.85 bits per heavy atom. The third-order valence-corrected chi connectivity index (χ3v) is 3.94. The van der Waals surface area contributed by atoms with Crippen LogP contribution in [0.25, 0.3) is 0 Å². The lowest BCUT2D eigenvalue weighted by Crippen LogP contribution is -2.18. The van der Waals surface area contributed by atoms with Gasteiger partial charge in [0.2, 0.25) is 5.91 Å². The van der Waals surface area contributed by atoms with E-state index in [0.29, 0.717) is 5.56 Å². The molecule has 0 saturated heterocycles. The minimum absolute atomic E-state index is 0.237. The molecule has 0 aliphatic rings. The highest BCUT2D eigenvalue weighted by molar-refractivity contribution is 9.10. The maximum Gasteiger partial charge on any atom is 0.248 e. The molecule has 0 bridgehead atoms. The first kappa shape index (κ1) is 14.8. The summed E-state index contributed by atoms with van der Waals surface area (Å²) < 4.78 is 1.10. The van der Waals surface area contributed by atoms with E-state index >= 15 is 0 Å². The molecule has 0 spiro atoms. The van der Waals surface area contributed by atoms with Crippen molar-refractivity contribution in [1.29, 1.82) is 0 Å². The fraction of sp³-hybridized carbons (Fsp3) is 0.188. The van der Waals surface area contributed by atoms with Crippen LogP contribution in [0.5, 0.6) is 0 Å². The topological polar surface area (TPSA) is 55.1 Å². The first-order valence-electron chi connectivity index (χ1n) is 6.44. The van der Waals surface area contributed by atoms with Crippen molar-refractivity contribution in [3.8, 4) is 0 Å². The summed E-state index contributed by atoms with van der Waals surface area (Å²) in [5, 5.41) is 3.46. The van der Waals surface area contributed by atoms with Gasteiger partial charge in [-0.2, -0.15) is 0 Å². The van der Waals surface area contributed by atoms with Crippen LogP contribution in [0.2, 0.25) is 0 Å². The smallest absolute Gasteiger partial charge is 0.248 e. The van der Waals surface area contributed by atoms with Crippen molar-refractivity contribution < 1.29 is 4.79 Å². The maximum absolute atomic E-state index is 11.0. The Morgan fingerprint density at radius 1 is 1.20 bits per heavy atom. The van der Waals surface area contributed by atoms with Crippen molar-refractivity contribution in [3.05, 3.63) is 69.7 Å². The zero-order chi connectivity index (χ0) is 14.5. The molecule has 0 unspecified atom stereocenters. The molecule has 0 saturated carbocycles. The number of hydrogen-bond acceptors (Lipinski definition) is 2. The van der Waals surface area contributed by atoms with Crippen LogP contribution >= 0.6 is 15.9 Å². The lowest BCUT2D eigenvalue weighted by molar-refractivity contribution is 0.100. The third-order valence-electron chi connectivity index (χ3n) is 3.22. The van der Waals surface area contributed by atoms with E-state index in [2.05, 4.69) is 34.2 Å². The summed E-state index contributed by atoms with van der Waals surface area (Å²) >= 11 is 3.56. The molecule has 2 aromatic carbocycles. The Bertz CT molecular complexity index is 596. The second-order valence-electron chi connectivity index (χ2n) is 4.69. The molecule has 0 radical (unpaired) electrons. The zero-order valence-corrected chi connectivity index (χ0v) is 12.9. The van der Waals surface area contributed by atoms with Crippen LogP contribution in [0.4, 0.5) is 0 Å². The van der Waals surface area contributed by atoms with Gasteiger partial charge in [-0.15, -0.1) is 0 Å². The number of carbonyl (C=O) groups excluding carboxylic acids is 1. The molecule has 3 nitrogen and oxygen atoms in total. The number of benzene rings is 2. The first-order chi connectivity index (χ1) is 9.58. The van der Waals surface area contributed by atoms with Crippen molar-refractivity contribution in [2.45, 2.75) is 19.5 Å². The Morgan fingerprint density at radius 3 is 2.45 bits per heavy atom. The molecule has 0 heterocycles. The molecule has 0 fully saturated rings. The van der Waals surface area contributed by atoms with Gasteiger partial charge in [-0.3, -0.25) is 4.79 Å². The van der Waals surface area contributed by atoms with E-state index in [0.717, 1.165) is 16.6 Å². The molecular weight excluding hydrogens is 316 g/mol. The Labute approximate surface area is 127 Å². The van der Waals surface area contributed by atoms with Gasteiger partial charge in [0.05, 0.1) is 0 Å². The predicted octanol–water partition coefficient (Wildman–Crippen LogP) is 3.40. The van der Waals surface area contributed by atoms with Crippen LogP contribution in [0.15, 0.2) is 53.0 Å². The number of hydrogen-bond donors (Lipinski definition) is 2. The van der Waals surface area contributed by atoms with E-state index in [-0.39, 0.29) is 6.04 Å².